The smallest absolute Gasteiger partial charge is 0.261 e. The number of hydrogen-bond acceptors (Lipinski definition) is 5. The molecule has 1 amide bonds. The van der Waals surface area contributed by atoms with Crippen LogP contribution in [0.1, 0.15) is 6.92 Å². The number of hydrogen-bond donors (Lipinski definition) is 2. The van der Waals surface area contributed by atoms with Gasteiger partial charge in [0, 0.05) is 16.0 Å². The van der Waals surface area contributed by atoms with Gasteiger partial charge < -0.3 is 10.1 Å². The van der Waals surface area contributed by atoms with E-state index in [4.69, 9.17) is 4.74 Å². The molecule has 4 aromatic carbocycles. The fourth-order valence-corrected chi connectivity index (χ4v) is 5.34. The van der Waals surface area contributed by atoms with Gasteiger partial charge in [-0.25, -0.2) is 8.42 Å². The third-order valence-corrected chi connectivity index (χ3v) is 7.70. The lowest BCUT2D eigenvalue weighted by atomic mass is 10.1. The van der Waals surface area contributed by atoms with E-state index in [2.05, 4.69) is 10.0 Å². The van der Waals surface area contributed by atoms with Crippen LogP contribution in [0.25, 0.3) is 10.8 Å². The summed E-state index contributed by atoms with van der Waals surface area (Å²) in [6.07, 6.45) is 0. The molecule has 8 heteroatoms. The SMILES string of the molecule is COc1ccc(S[C@@H](C)C(=O)Nc2ccc(S(=O)(=O)Nc3cccc4ccccc34)cc2)cc1. The van der Waals surface area contributed by atoms with E-state index in [0.717, 1.165) is 21.4 Å². The molecule has 0 aromatic heterocycles. The number of carbonyl (C=O) groups is 1. The van der Waals surface area contributed by atoms with Crippen LogP contribution in [0.4, 0.5) is 11.4 Å². The van der Waals surface area contributed by atoms with Gasteiger partial charge in [0.1, 0.15) is 5.75 Å². The number of carbonyl (C=O) groups excluding carboxylic acids is 1. The highest BCUT2D eigenvalue weighted by molar-refractivity contribution is 8.00. The Morgan fingerprint density at radius 3 is 2.26 bits per heavy atom. The number of benzene rings is 4. The van der Waals surface area contributed by atoms with Crippen molar-refractivity contribution < 1.29 is 17.9 Å². The molecular formula is C26H24N2O4S2. The second kappa shape index (κ2) is 10.2. The number of methoxy groups -OCH3 is 1. The van der Waals surface area contributed by atoms with Crippen LogP contribution in [0, 0.1) is 0 Å². The molecule has 0 aliphatic heterocycles. The molecule has 0 radical (unpaired) electrons. The summed E-state index contributed by atoms with van der Waals surface area (Å²) >= 11 is 1.43. The molecule has 0 bridgehead atoms. The standard InChI is InChI=1S/C26H24N2O4S2/c1-18(33-22-14-12-21(32-2)13-15-22)26(29)27-20-10-16-23(17-11-20)34(30,31)28-25-9-5-7-19-6-3-4-8-24(19)25/h3-18,28H,1-2H3,(H,27,29)/t18-/m0/s1. The van der Waals surface area contributed by atoms with Crippen molar-refractivity contribution in [1.82, 2.24) is 0 Å². The zero-order valence-electron chi connectivity index (χ0n) is 18.7. The number of nitrogens with one attached hydrogen (secondary N) is 2. The minimum atomic E-state index is -3.79. The molecule has 174 valence electrons. The van der Waals surface area contributed by atoms with Crippen LogP contribution in [0.3, 0.4) is 0 Å². The van der Waals surface area contributed by atoms with Gasteiger partial charge in [0.15, 0.2) is 0 Å². The van der Waals surface area contributed by atoms with Gasteiger partial charge in [-0.3, -0.25) is 9.52 Å². The van der Waals surface area contributed by atoms with Crippen molar-refractivity contribution >= 4 is 49.8 Å². The van der Waals surface area contributed by atoms with E-state index in [1.54, 1.807) is 25.3 Å². The molecule has 0 saturated heterocycles. The van der Waals surface area contributed by atoms with E-state index in [9.17, 15) is 13.2 Å². The molecule has 4 rings (SSSR count). The first-order valence-electron chi connectivity index (χ1n) is 10.6. The van der Waals surface area contributed by atoms with Crippen LogP contribution in [0.2, 0.25) is 0 Å². The summed E-state index contributed by atoms with van der Waals surface area (Å²) < 4.78 is 33.7. The van der Waals surface area contributed by atoms with Crippen LogP contribution in [-0.2, 0) is 14.8 Å². The largest absolute Gasteiger partial charge is 0.497 e. The summed E-state index contributed by atoms with van der Waals surface area (Å²) in [7, 11) is -2.18. The summed E-state index contributed by atoms with van der Waals surface area (Å²) in [4.78, 5) is 13.7. The summed E-state index contributed by atoms with van der Waals surface area (Å²) in [5.74, 6) is 0.580. The molecule has 0 fully saturated rings. The summed E-state index contributed by atoms with van der Waals surface area (Å²) in [6.45, 7) is 1.82. The molecule has 1 atom stereocenters. The third-order valence-electron chi connectivity index (χ3n) is 5.21. The molecule has 0 heterocycles. The van der Waals surface area contributed by atoms with Crippen molar-refractivity contribution in [1.29, 1.82) is 0 Å². The van der Waals surface area contributed by atoms with Gasteiger partial charge in [0.05, 0.1) is 22.9 Å². The minimum absolute atomic E-state index is 0.110. The number of ether oxygens (including phenoxy) is 1. The summed E-state index contributed by atoms with van der Waals surface area (Å²) in [5, 5.41) is 4.26. The van der Waals surface area contributed by atoms with Gasteiger partial charge in [0.25, 0.3) is 10.0 Å². The number of rotatable bonds is 8. The van der Waals surface area contributed by atoms with Crippen molar-refractivity contribution in [3.63, 3.8) is 0 Å². The highest BCUT2D eigenvalue weighted by Gasteiger charge is 2.17. The minimum Gasteiger partial charge on any atom is -0.497 e. The summed E-state index contributed by atoms with van der Waals surface area (Å²) in [6, 6.07) is 26.7. The van der Waals surface area contributed by atoms with Gasteiger partial charge in [-0.1, -0.05) is 36.4 Å². The van der Waals surface area contributed by atoms with E-state index in [1.807, 2.05) is 67.6 Å². The van der Waals surface area contributed by atoms with Crippen molar-refractivity contribution in [2.24, 2.45) is 0 Å². The first-order valence-corrected chi connectivity index (χ1v) is 12.9. The Hall–Kier alpha value is -3.49. The quantitative estimate of drug-likeness (QED) is 0.305. The highest BCUT2D eigenvalue weighted by atomic mass is 32.2. The topological polar surface area (TPSA) is 84.5 Å². The Morgan fingerprint density at radius 2 is 1.56 bits per heavy atom. The van der Waals surface area contributed by atoms with Crippen molar-refractivity contribution in [2.45, 2.75) is 22.0 Å². The van der Waals surface area contributed by atoms with Crippen LogP contribution in [0.5, 0.6) is 5.75 Å². The maximum Gasteiger partial charge on any atom is 0.261 e. The molecule has 2 N–H and O–H groups in total. The molecule has 6 nitrogen and oxygen atoms in total. The van der Waals surface area contributed by atoms with Crippen molar-refractivity contribution in [3.05, 3.63) is 91.0 Å². The second-order valence-corrected chi connectivity index (χ2v) is 10.7. The van der Waals surface area contributed by atoms with E-state index in [1.165, 1.54) is 23.9 Å². The molecule has 0 aliphatic rings. The van der Waals surface area contributed by atoms with E-state index < -0.39 is 10.0 Å². The lowest BCUT2D eigenvalue weighted by Crippen LogP contribution is -2.22. The maximum atomic E-state index is 12.9. The molecule has 4 aromatic rings. The molecular weight excluding hydrogens is 468 g/mol. The molecule has 0 spiro atoms. The average Bonchev–Trinajstić information content (AvgIpc) is 2.85. The predicted octanol–water partition coefficient (Wildman–Crippen LogP) is 5.77. The van der Waals surface area contributed by atoms with Crippen molar-refractivity contribution in [2.75, 3.05) is 17.1 Å². The Bertz CT molecular complexity index is 1400. The van der Waals surface area contributed by atoms with Crippen molar-refractivity contribution in [3.8, 4) is 5.75 Å². The number of anilines is 2. The Labute approximate surface area is 203 Å². The second-order valence-electron chi connectivity index (χ2n) is 7.58. The highest BCUT2D eigenvalue weighted by Crippen LogP contribution is 2.28. The number of amides is 1. The Morgan fingerprint density at radius 1 is 0.882 bits per heavy atom. The molecule has 0 saturated carbocycles. The first kappa shape index (κ1) is 23.7. The van der Waals surface area contributed by atoms with Crippen LogP contribution in [0.15, 0.2) is 101 Å². The average molecular weight is 493 g/mol. The molecule has 34 heavy (non-hydrogen) atoms. The molecule has 0 unspecified atom stereocenters. The van der Waals surface area contributed by atoms with Gasteiger partial charge in [-0.15, -0.1) is 11.8 Å². The molecule has 0 aliphatic carbocycles. The monoisotopic (exact) mass is 492 g/mol. The van der Waals surface area contributed by atoms with Crippen LogP contribution in [-0.4, -0.2) is 26.7 Å². The zero-order chi connectivity index (χ0) is 24.1. The van der Waals surface area contributed by atoms with Gasteiger partial charge >= 0.3 is 0 Å². The lowest BCUT2D eigenvalue weighted by Gasteiger charge is -2.13. The first-order chi connectivity index (χ1) is 16.4. The van der Waals surface area contributed by atoms with Gasteiger partial charge in [0.2, 0.25) is 5.91 Å². The van der Waals surface area contributed by atoms with Gasteiger partial charge in [-0.05, 0) is 66.9 Å². The van der Waals surface area contributed by atoms with E-state index >= 15 is 0 Å². The Balaban J connectivity index is 1.42. The number of sulfonamides is 1. The van der Waals surface area contributed by atoms with E-state index in [-0.39, 0.29) is 16.1 Å². The zero-order valence-corrected chi connectivity index (χ0v) is 20.3. The third kappa shape index (κ3) is 5.52. The summed E-state index contributed by atoms with van der Waals surface area (Å²) in [5.41, 5.74) is 1.04. The lowest BCUT2D eigenvalue weighted by molar-refractivity contribution is -0.115. The fraction of sp³-hybridized carbons (Fsp3) is 0.115. The Kier molecular flexibility index (Phi) is 7.09. The number of thioether (sulfide) groups is 1. The van der Waals surface area contributed by atoms with Crippen LogP contribution < -0.4 is 14.8 Å². The normalized spacial score (nSPS) is 12.2. The van der Waals surface area contributed by atoms with Gasteiger partial charge in [-0.2, -0.15) is 0 Å². The predicted molar refractivity (Wildman–Crippen MR) is 138 cm³/mol. The van der Waals surface area contributed by atoms with Crippen LogP contribution >= 0.6 is 11.8 Å². The fourth-order valence-electron chi connectivity index (χ4n) is 3.39. The maximum absolute atomic E-state index is 12.9. The van der Waals surface area contributed by atoms with E-state index in [0.29, 0.717) is 11.4 Å². The number of fused-ring (bicyclic) bond motifs is 1.